The number of rotatable bonds is 1. The first-order valence-electron chi connectivity index (χ1n) is 8.37. The lowest BCUT2D eigenvalue weighted by molar-refractivity contribution is -0.183. The maximum absolute atomic E-state index is 12.8. The van der Waals surface area contributed by atoms with E-state index in [1.54, 1.807) is 13.8 Å². The number of allylic oxidation sites excluding steroid dienone is 1. The van der Waals surface area contributed by atoms with Crippen LogP contribution in [-0.4, -0.2) is 35.9 Å². The Balaban J connectivity index is 1.93. The zero-order valence-electron chi connectivity index (χ0n) is 14.5. The molecule has 5 atom stereocenters. The van der Waals surface area contributed by atoms with Gasteiger partial charge in [0.15, 0.2) is 11.6 Å². The van der Waals surface area contributed by atoms with Crippen LogP contribution in [0.2, 0.25) is 0 Å². The second-order valence-electron chi connectivity index (χ2n) is 8.23. The maximum Gasteiger partial charge on any atom is 0.311 e. The molecule has 0 bridgehead atoms. The Hall–Kier alpha value is -1.20. The number of fused-ring (bicyclic) bond motifs is 2. The normalized spacial score (nSPS) is 38.8. The Kier molecular flexibility index (Phi) is 3.92. The van der Waals surface area contributed by atoms with Crippen LogP contribution in [0, 0.1) is 17.3 Å². The van der Waals surface area contributed by atoms with E-state index in [2.05, 4.69) is 6.08 Å². The number of carbonyl (C=O) groups is 2. The topological polar surface area (TPSA) is 61.8 Å². The average Bonchev–Trinajstić information content (AvgIpc) is 2.78. The van der Waals surface area contributed by atoms with Crippen LogP contribution in [0.25, 0.3) is 0 Å². The SMILES string of the molecule is CC1(C)O[C@H]2[C@H](OC(=O)C(C)(C)C)[C@H]3C=CCC[C@@H]3C(=O)[C@@H]2O1. The van der Waals surface area contributed by atoms with E-state index in [-0.39, 0.29) is 23.6 Å². The summed E-state index contributed by atoms with van der Waals surface area (Å²) in [6.07, 6.45) is 4.06. The van der Waals surface area contributed by atoms with E-state index in [0.29, 0.717) is 0 Å². The van der Waals surface area contributed by atoms with Gasteiger partial charge in [0.05, 0.1) is 5.41 Å². The van der Waals surface area contributed by atoms with E-state index in [1.807, 2.05) is 26.8 Å². The fourth-order valence-electron chi connectivity index (χ4n) is 3.65. The summed E-state index contributed by atoms with van der Waals surface area (Å²) in [5.74, 6) is -1.31. The quantitative estimate of drug-likeness (QED) is 0.548. The monoisotopic (exact) mass is 322 g/mol. The predicted molar refractivity (Wildman–Crippen MR) is 83.5 cm³/mol. The predicted octanol–water partition coefficient (Wildman–Crippen LogP) is 2.63. The Morgan fingerprint density at radius 2 is 2.00 bits per heavy atom. The summed E-state index contributed by atoms with van der Waals surface area (Å²) in [5, 5.41) is 0. The Labute approximate surface area is 137 Å². The lowest BCUT2D eigenvalue weighted by Gasteiger charge is -2.42. The molecule has 1 saturated heterocycles. The lowest BCUT2D eigenvalue weighted by Crippen LogP contribution is -2.57. The van der Waals surface area contributed by atoms with Gasteiger partial charge in [-0.15, -0.1) is 0 Å². The zero-order valence-corrected chi connectivity index (χ0v) is 14.5. The van der Waals surface area contributed by atoms with Crippen LogP contribution in [0.4, 0.5) is 0 Å². The summed E-state index contributed by atoms with van der Waals surface area (Å²) in [7, 11) is 0. The molecular formula is C18H26O5. The molecule has 1 saturated carbocycles. The summed E-state index contributed by atoms with van der Waals surface area (Å²) < 4.78 is 17.6. The fourth-order valence-corrected chi connectivity index (χ4v) is 3.65. The number of carbonyl (C=O) groups excluding carboxylic acids is 2. The van der Waals surface area contributed by atoms with Crippen molar-refractivity contribution in [2.45, 2.75) is 71.6 Å². The van der Waals surface area contributed by atoms with E-state index in [0.717, 1.165) is 12.8 Å². The number of hydrogen-bond acceptors (Lipinski definition) is 5. The van der Waals surface area contributed by atoms with Crippen LogP contribution in [0.15, 0.2) is 12.2 Å². The van der Waals surface area contributed by atoms with Crippen LogP contribution in [0.3, 0.4) is 0 Å². The highest BCUT2D eigenvalue weighted by Gasteiger charge is 2.59. The largest absolute Gasteiger partial charge is 0.458 e. The molecule has 0 aromatic rings. The molecule has 0 N–H and O–H groups in total. The molecule has 128 valence electrons. The molecule has 0 aromatic carbocycles. The third kappa shape index (κ3) is 2.96. The minimum absolute atomic E-state index is 0.0815. The average molecular weight is 322 g/mol. The number of esters is 1. The molecule has 2 aliphatic carbocycles. The van der Waals surface area contributed by atoms with E-state index in [4.69, 9.17) is 14.2 Å². The standard InChI is InChI=1S/C18H26O5/c1-17(2,3)16(20)21-13-11-9-7-6-8-10(11)12(19)14-15(13)23-18(4,5)22-14/h7,9-11,13-15H,6,8H2,1-5H3/t10-,11-,13+,14-,15-/m0/s1. The lowest BCUT2D eigenvalue weighted by atomic mass is 9.69. The van der Waals surface area contributed by atoms with Crippen molar-refractivity contribution in [2.75, 3.05) is 0 Å². The van der Waals surface area contributed by atoms with E-state index < -0.39 is 29.5 Å². The van der Waals surface area contributed by atoms with Crippen LogP contribution in [0.5, 0.6) is 0 Å². The third-order valence-electron chi connectivity index (χ3n) is 4.80. The molecule has 0 spiro atoms. The first-order chi connectivity index (χ1) is 10.6. The molecule has 0 amide bonds. The maximum atomic E-state index is 12.8. The smallest absolute Gasteiger partial charge is 0.311 e. The minimum atomic E-state index is -0.839. The minimum Gasteiger partial charge on any atom is -0.458 e. The van der Waals surface area contributed by atoms with Gasteiger partial charge >= 0.3 is 5.97 Å². The first kappa shape index (κ1) is 16.7. The van der Waals surface area contributed by atoms with Crippen molar-refractivity contribution in [2.24, 2.45) is 17.3 Å². The van der Waals surface area contributed by atoms with Crippen molar-refractivity contribution < 1.29 is 23.8 Å². The van der Waals surface area contributed by atoms with Gasteiger partial charge < -0.3 is 14.2 Å². The molecule has 5 nitrogen and oxygen atoms in total. The van der Waals surface area contributed by atoms with Crippen LogP contribution in [-0.2, 0) is 23.8 Å². The van der Waals surface area contributed by atoms with E-state index >= 15 is 0 Å². The van der Waals surface area contributed by atoms with Crippen LogP contribution in [0.1, 0.15) is 47.5 Å². The van der Waals surface area contributed by atoms with Crippen molar-refractivity contribution >= 4 is 11.8 Å². The summed E-state index contributed by atoms with van der Waals surface area (Å²) in [5.41, 5.74) is -0.597. The molecule has 5 heteroatoms. The van der Waals surface area contributed by atoms with Gasteiger partial charge in [-0.2, -0.15) is 0 Å². The molecule has 1 heterocycles. The Morgan fingerprint density at radius 1 is 1.30 bits per heavy atom. The second kappa shape index (κ2) is 5.42. The van der Waals surface area contributed by atoms with Crippen LogP contribution >= 0.6 is 0 Å². The van der Waals surface area contributed by atoms with Gasteiger partial charge in [-0.3, -0.25) is 9.59 Å². The Bertz CT molecular complexity index is 542. The fraction of sp³-hybridized carbons (Fsp3) is 0.778. The Morgan fingerprint density at radius 3 is 2.65 bits per heavy atom. The van der Waals surface area contributed by atoms with Gasteiger partial charge in [0.2, 0.25) is 0 Å². The summed E-state index contributed by atoms with van der Waals surface area (Å²) >= 11 is 0. The van der Waals surface area contributed by atoms with Crippen molar-refractivity contribution in [3.8, 4) is 0 Å². The highest BCUT2D eigenvalue weighted by Crippen LogP contribution is 2.45. The number of hydrogen-bond donors (Lipinski definition) is 0. The zero-order chi connectivity index (χ0) is 17.0. The van der Waals surface area contributed by atoms with Gasteiger partial charge in [0.25, 0.3) is 0 Å². The van der Waals surface area contributed by atoms with Crippen molar-refractivity contribution in [1.29, 1.82) is 0 Å². The number of ether oxygens (including phenoxy) is 3. The van der Waals surface area contributed by atoms with Gasteiger partial charge in [0.1, 0.15) is 18.3 Å². The highest BCUT2D eigenvalue weighted by molar-refractivity contribution is 5.88. The molecule has 3 aliphatic rings. The molecule has 2 fully saturated rings. The summed E-state index contributed by atoms with van der Waals surface area (Å²) in [6, 6.07) is 0. The molecule has 3 rings (SSSR count). The van der Waals surface area contributed by atoms with Gasteiger partial charge in [-0.25, -0.2) is 0 Å². The molecule has 1 aliphatic heterocycles. The van der Waals surface area contributed by atoms with E-state index in [9.17, 15) is 9.59 Å². The number of Topliss-reactive ketones (excluding diaryl/α,β-unsaturated/α-hetero) is 1. The second-order valence-corrected chi connectivity index (χ2v) is 8.23. The third-order valence-corrected chi connectivity index (χ3v) is 4.80. The molecule has 0 aromatic heterocycles. The van der Waals surface area contributed by atoms with Crippen molar-refractivity contribution in [3.63, 3.8) is 0 Å². The highest BCUT2D eigenvalue weighted by atomic mass is 16.8. The molecule has 0 unspecified atom stereocenters. The van der Waals surface area contributed by atoms with Crippen LogP contribution < -0.4 is 0 Å². The summed E-state index contributed by atoms with van der Waals surface area (Å²) in [6.45, 7) is 9.06. The molecule has 0 radical (unpaired) electrons. The molecular weight excluding hydrogens is 296 g/mol. The number of ketones is 1. The van der Waals surface area contributed by atoms with Crippen molar-refractivity contribution in [3.05, 3.63) is 12.2 Å². The van der Waals surface area contributed by atoms with E-state index in [1.165, 1.54) is 0 Å². The van der Waals surface area contributed by atoms with Gasteiger partial charge in [-0.05, 0) is 47.5 Å². The molecule has 23 heavy (non-hydrogen) atoms. The first-order valence-corrected chi connectivity index (χ1v) is 8.37. The summed E-state index contributed by atoms with van der Waals surface area (Å²) in [4.78, 5) is 25.2. The van der Waals surface area contributed by atoms with Gasteiger partial charge in [-0.1, -0.05) is 12.2 Å². The van der Waals surface area contributed by atoms with Crippen molar-refractivity contribution in [1.82, 2.24) is 0 Å². The van der Waals surface area contributed by atoms with Gasteiger partial charge in [0, 0.05) is 11.8 Å².